The average molecular weight is 465 g/mol. The van der Waals surface area contributed by atoms with E-state index < -0.39 is 35.1 Å². The molecule has 1 saturated carbocycles. The van der Waals surface area contributed by atoms with E-state index in [4.69, 9.17) is 5.73 Å². The Hall–Kier alpha value is -2.30. The maximum absolute atomic E-state index is 13.0. The van der Waals surface area contributed by atoms with E-state index in [1.165, 1.54) is 0 Å². The highest BCUT2D eigenvalue weighted by atomic mass is 19.4. The van der Waals surface area contributed by atoms with Crippen LogP contribution in [-0.2, 0) is 21.9 Å². The lowest BCUT2D eigenvalue weighted by Gasteiger charge is -2.31. The molecule has 1 aromatic carbocycles. The Balaban J connectivity index is 1.62. The van der Waals surface area contributed by atoms with Gasteiger partial charge in [-0.1, -0.05) is 12.8 Å². The monoisotopic (exact) mass is 465 g/mol. The van der Waals surface area contributed by atoms with Gasteiger partial charge in [-0.05, 0) is 43.4 Å². The van der Waals surface area contributed by atoms with E-state index in [0.29, 0.717) is 31.6 Å². The van der Waals surface area contributed by atoms with Crippen molar-refractivity contribution in [3.05, 3.63) is 29.3 Å². The summed E-state index contributed by atoms with van der Waals surface area (Å²) in [5, 5.41) is 2.15. The van der Waals surface area contributed by atoms with Crippen LogP contribution in [0.2, 0.25) is 0 Å². The number of likely N-dealkylation sites (tertiary alicyclic amines) is 1. The third-order valence-electron chi connectivity index (χ3n) is 6.08. The second-order valence-electron chi connectivity index (χ2n) is 8.54. The van der Waals surface area contributed by atoms with Crippen LogP contribution in [0.15, 0.2) is 18.2 Å². The van der Waals surface area contributed by atoms with Crippen LogP contribution in [0.25, 0.3) is 0 Å². The molecule has 2 fully saturated rings. The van der Waals surface area contributed by atoms with Gasteiger partial charge in [-0.2, -0.15) is 26.3 Å². The van der Waals surface area contributed by atoms with Gasteiger partial charge in [-0.3, -0.25) is 9.59 Å². The van der Waals surface area contributed by atoms with Gasteiger partial charge in [0.2, 0.25) is 11.8 Å². The highest BCUT2D eigenvalue weighted by molar-refractivity contribution is 5.91. The van der Waals surface area contributed by atoms with Gasteiger partial charge >= 0.3 is 12.4 Å². The average Bonchev–Trinajstić information content (AvgIpc) is 3.14. The molecule has 0 aromatic heterocycles. The third kappa shape index (κ3) is 5.93. The molecule has 1 aromatic rings. The van der Waals surface area contributed by atoms with Crippen molar-refractivity contribution in [1.29, 1.82) is 0 Å². The molecule has 11 heteroatoms. The number of nitrogens with one attached hydrogen (secondary N) is 1. The van der Waals surface area contributed by atoms with Gasteiger partial charge in [0.1, 0.15) is 0 Å². The Bertz CT molecular complexity index is 823. The van der Waals surface area contributed by atoms with Crippen LogP contribution in [0.5, 0.6) is 0 Å². The first-order valence-electron chi connectivity index (χ1n) is 10.5. The fourth-order valence-electron chi connectivity index (χ4n) is 4.40. The summed E-state index contributed by atoms with van der Waals surface area (Å²) < 4.78 is 77.8. The summed E-state index contributed by atoms with van der Waals surface area (Å²) in [6.07, 6.45) is -6.15. The molecule has 3 N–H and O–H groups in total. The molecule has 0 bridgehead atoms. The second kappa shape index (κ2) is 9.29. The van der Waals surface area contributed by atoms with E-state index in [9.17, 15) is 35.9 Å². The maximum atomic E-state index is 13.0. The Morgan fingerprint density at radius 3 is 2.12 bits per heavy atom. The summed E-state index contributed by atoms with van der Waals surface area (Å²) in [6, 6.07) is 0.762. The molecule has 1 aliphatic carbocycles. The summed E-state index contributed by atoms with van der Waals surface area (Å²) in [5.74, 6) is -1.23. The van der Waals surface area contributed by atoms with E-state index in [0.717, 1.165) is 25.7 Å². The van der Waals surface area contributed by atoms with Gasteiger partial charge in [0.15, 0.2) is 0 Å². The lowest BCUT2D eigenvalue weighted by atomic mass is 9.84. The van der Waals surface area contributed by atoms with Crippen molar-refractivity contribution in [3.8, 4) is 0 Å². The molecule has 32 heavy (non-hydrogen) atoms. The molecule has 2 amide bonds. The molecule has 0 spiro atoms. The summed E-state index contributed by atoms with van der Waals surface area (Å²) in [5.41, 5.74) is 2.50. The van der Waals surface area contributed by atoms with Gasteiger partial charge < -0.3 is 16.0 Å². The lowest BCUT2D eigenvalue weighted by molar-refractivity contribution is -0.143. The van der Waals surface area contributed by atoms with Crippen LogP contribution >= 0.6 is 0 Å². The van der Waals surface area contributed by atoms with E-state index in [-0.39, 0.29) is 36.3 Å². The van der Waals surface area contributed by atoms with Gasteiger partial charge in [0.05, 0.1) is 17.0 Å². The van der Waals surface area contributed by atoms with Crippen LogP contribution in [0.1, 0.15) is 49.7 Å². The number of hydrogen-bond acceptors (Lipinski definition) is 3. The number of carbonyl (C=O) groups excluding carboxylic acids is 2. The lowest BCUT2D eigenvalue weighted by Crippen LogP contribution is -2.45. The Kier molecular flexibility index (Phi) is 7.06. The number of nitrogens with zero attached hydrogens (tertiary/aromatic N) is 1. The normalized spacial score (nSPS) is 24.5. The number of carbonyl (C=O) groups is 2. The van der Waals surface area contributed by atoms with Crippen molar-refractivity contribution in [1.82, 2.24) is 4.90 Å². The topological polar surface area (TPSA) is 75.4 Å². The summed E-state index contributed by atoms with van der Waals surface area (Å²) >= 11 is 0. The number of amides is 2. The van der Waals surface area contributed by atoms with Gasteiger partial charge in [0.25, 0.3) is 0 Å². The zero-order valence-electron chi connectivity index (χ0n) is 17.2. The summed E-state index contributed by atoms with van der Waals surface area (Å²) in [4.78, 5) is 26.7. The number of alkyl halides is 6. The second-order valence-corrected chi connectivity index (χ2v) is 8.54. The first-order chi connectivity index (χ1) is 14.8. The number of hydrogen-bond donors (Lipinski definition) is 2. The zero-order valence-corrected chi connectivity index (χ0v) is 17.2. The van der Waals surface area contributed by atoms with Crippen molar-refractivity contribution >= 4 is 17.5 Å². The summed E-state index contributed by atoms with van der Waals surface area (Å²) in [6.45, 7) is 0.758. The van der Waals surface area contributed by atoms with E-state index in [1.54, 1.807) is 4.90 Å². The van der Waals surface area contributed by atoms with Crippen LogP contribution < -0.4 is 11.1 Å². The number of rotatable bonds is 4. The van der Waals surface area contributed by atoms with Crippen molar-refractivity contribution in [3.63, 3.8) is 0 Å². The molecule has 1 aliphatic heterocycles. The standard InChI is InChI=1S/C21H25F6N3O2/c22-20(23,24)13-8-14(21(25,26)27)10-15(9-13)29-18(31)7-12-5-6-30(11-12)19(32)16-3-1-2-4-17(16)28/h8-10,12,16-17H,1-7,11,28H2,(H,29,31)/t12?,16-,17?/m1/s1. The first kappa shape index (κ1) is 24.3. The predicted molar refractivity (Wildman–Crippen MR) is 104 cm³/mol. The molecule has 3 atom stereocenters. The van der Waals surface area contributed by atoms with Gasteiger partial charge in [-0.15, -0.1) is 0 Å². The molecular weight excluding hydrogens is 440 g/mol. The molecule has 5 nitrogen and oxygen atoms in total. The van der Waals surface area contributed by atoms with Crippen LogP contribution in [0.3, 0.4) is 0 Å². The molecule has 2 unspecified atom stereocenters. The van der Waals surface area contributed by atoms with E-state index in [2.05, 4.69) is 5.32 Å². The van der Waals surface area contributed by atoms with E-state index in [1.807, 2.05) is 0 Å². The third-order valence-corrected chi connectivity index (χ3v) is 6.08. The van der Waals surface area contributed by atoms with Crippen LogP contribution in [0, 0.1) is 11.8 Å². The molecule has 1 heterocycles. The Morgan fingerprint density at radius 1 is 0.969 bits per heavy atom. The predicted octanol–water partition coefficient (Wildman–Crippen LogP) is 4.42. The van der Waals surface area contributed by atoms with Crippen molar-refractivity contribution in [2.24, 2.45) is 17.6 Å². The van der Waals surface area contributed by atoms with Crippen molar-refractivity contribution in [2.45, 2.75) is 56.9 Å². The molecule has 2 aliphatic rings. The Labute approximate surface area is 181 Å². The SMILES string of the molecule is NC1CCCC[C@H]1C(=O)N1CCC(CC(=O)Nc2cc(C(F)(F)F)cc(C(F)(F)F)c2)C1. The quantitative estimate of drug-likeness (QED) is 0.647. The minimum atomic E-state index is -4.99. The number of anilines is 1. The molecule has 0 radical (unpaired) electrons. The van der Waals surface area contributed by atoms with Crippen molar-refractivity contribution < 1.29 is 35.9 Å². The fourth-order valence-corrected chi connectivity index (χ4v) is 4.40. The fraction of sp³-hybridized carbons (Fsp3) is 0.619. The first-order valence-corrected chi connectivity index (χ1v) is 10.5. The number of halogens is 6. The Morgan fingerprint density at radius 2 is 1.56 bits per heavy atom. The largest absolute Gasteiger partial charge is 0.416 e. The van der Waals surface area contributed by atoms with E-state index >= 15 is 0 Å². The van der Waals surface area contributed by atoms with Crippen molar-refractivity contribution in [2.75, 3.05) is 18.4 Å². The molecule has 3 rings (SSSR count). The minimum absolute atomic E-state index is 0.00604. The maximum Gasteiger partial charge on any atom is 0.416 e. The smallest absolute Gasteiger partial charge is 0.342 e. The zero-order chi connectivity index (χ0) is 23.7. The molecular formula is C21H25F6N3O2. The van der Waals surface area contributed by atoms with Gasteiger partial charge in [0, 0.05) is 31.2 Å². The van der Waals surface area contributed by atoms with Crippen LogP contribution in [0.4, 0.5) is 32.0 Å². The van der Waals surface area contributed by atoms with Gasteiger partial charge in [-0.25, -0.2) is 0 Å². The highest BCUT2D eigenvalue weighted by Gasteiger charge is 2.38. The number of nitrogens with two attached hydrogens (primary N) is 1. The summed E-state index contributed by atoms with van der Waals surface area (Å²) in [7, 11) is 0. The molecule has 1 saturated heterocycles. The molecule has 178 valence electrons. The minimum Gasteiger partial charge on any atom is -0.342 e. The number of benzene rings is 1. The highest BCUT2D eigenvalue weighted by Crippen LogP contribution is 2.37. The van der Waals surface area contributed by atoms with Crippen LogP contribution in [-0.4, -0.2) is 35.8 Å².